The van der Waals surface area contributed by atoms with E-state index < -0.39 is 0 Å². The van der Waals surface area contributed by atoms with Crippen molar-refractivity contribution < 1.29 is 14.7 Å². The summed E-state index contributed by atoms with van der Waals surface area (Å²) >= 11 is 0. The van der Waals surface area contributed by atoms with Gasteiger partial charge < -0.3 is 21.5 Å². The number of nitrogens with one attached hydrogen (secondary N) is 2. The molecule has 0 unspecified atom stereocenters. The van der Waals surface area contributed by atoms with Gasteiger partial charge in [-0.25, -0.2) is 0 Å². The van der Waals surface area contributed by atoms with Gasteiger partial charge in [0.2, 0.25) is 0 Å². The van der Waals surface area contributed by atoms with Crippen LogP contribution in [0.5, 0.6) is 5.75 Å². The number of phenolic OH excluding ortho intramolecular Hbond substituents is 1. The number of nitrogens with two attached hydrogens (primary N) is 1. The van der Waals surface area contributed by atoms with Crippen molar-refractivity contribution in [1.82, 2.24) is 5.32 Å². The second kappa shape index (κ2) is 8.75. The number of rotatable bonds is 6. The number of aromatic hydroxyl groups is 1. The Morgan fingerprint density at radius 3 is 2.19 bits per heavy atom. The molecule has 156 valence electrons. The molecule has 6 nitrogen and oxygen atoms in total. The molecule has 31 heavy (non-hydrogen) atoms. The predicted molar refractivity (Wildman–Crippen MR) is 122 cm³/mol. The highest BCUT2D eigenvalue weighted by Gasteiger charge is 2.25. The molecule has 0 atom stereocenters. The summed E-state index contributed by atoms with van der Waals surface area (Å²) in [4.78, 5) is 25.3. The Balaban J connectivity index is 1.56. The first-order valence-electron chi connectivity index (χ1n) is 10.1. The van der Waals surface area contributed by atoms with Crippen LogP contribution in [0, 0.1) is 0 Å². The highest BCUT2D eigenvalue weighted by Crippen LogP contribution is 2.25. The van der Waals surface area contributed by atoms with E-state index in [1.165, 1.54) is 0 Å². The molecule has 0 saturated heterocycles. The smallest absolute Gasteiger partial charge is 0.255 e. The molecular weight excluding hydrogens is 390 g/mol. The minimum atomic E-state index is -0.265. The summed E-state index contributed by atoms with van der Waals surface area (Å²) in [7, 11) is 0. The normalized spacial score (nSPS) is 13.5. The van der Waals surface area contributed by atoms with Crippen LogP contribution in [0.25, 0.3) is 11.6 Å². The standard InChI is InChI=1S/C25H23N3O3/c26-22-3-1-2-4-23(22)28-24(30)18-7-5-16(6-8-18)15-21(25(31)27-19-11-12-19)17-9-13-20(29)14-10-17/h1-10,13-15,19,29H,11-12,26H2,(H,27,31)(H,28,30)/b21-15+. The van der Waals surface area contributed by atoms with Gasteiger partial charge in [0.25, 0.3) is 11.8 Å². The number of benzene rings is 3. The van der Waals surface area contributed by atoms with E-state index in [2.05, 4.69) is 10.6 Å². The lowest BCUT2D eigenvalue weighted by molar-refractivity contribution is -0.115. The monoisotopic (exact) mass is 413 g/mol. The first kappa shape index (κ1) is 20.2. The van der Waals surface area contributed by atoms with Crippen molar-refractivity contribution in [2.75, 3.05) is 11.1 Å². The van der Waals surface area contributed by atoms with Gasteiger partial charge in [0.05, 0.1) is 11.4 Å². The average molecular weight is 413 g/mol. The Kier molecular flexibility index (Phi) is 5.71. The maximum atomic E-state index is 12.8. The number of nitrogen functional groups attached to an aromatic ring is 1. The summed E-state index contributed by atoms with van der Waals surface area (Å²) in [6.45, 7) is 0. The first-order chi connectivity index (χ1) is 15.0. The third-order valence-electron chi connectivity index (χ3n) is 5.03. The third kappa shape index (κ3) is 5.11. The van der Waals surface area contributed by atoms with E-state index in [0.29, 0.717) is 28.1 Å². The Hall–Kier alpha value is -4.06. The minimum Gasteiger partial charge on any atom is -0.508 e. The summed E-state index contributed by atoms with van der Waals surface area (Å²) in [6.07, 6.45) is 3.76. The highest BCUT2D eigenvalue weighted by atomic mass is 16.3. The summed E-state index contributed by atoms with van der Waals surface area (Å²) in [6, 6.07) is 20.8. The third-order valence-corrected chi connectivity index (χ3v) is 5.03. The van der Waals surface area contributed by atoms with E-state index in [9.17, 15) is 14.7 Å². The molecule has 0 aliphatic heterocycles. The number of hydrogen-bond acceptors (Lipinski definition) is 4. The molecule has 6 heteroatoms. The number of hydrogen-bond donors (Lipinski definition) is 4. The fraction of sp³-hybridized carbons (Fsp3) is 0.120. The zero-order valence-corrected chi connectivity index (χ0v) is 16.8. The second-order valence-corrected chi connectivity index (χ2v) is 7.52. The largest absolute Gasteiger partial charge is 0.508 e. The van der Waals surface area contributed by atoms with Gasteiger partial charge in [0.15, 0.2) is 0 Å². The number of amides is 2. The Labute approximate surface area is 180 Å². The van der Waals surface area contributed by atoms with Crippen LogP contribution in [0.15, 0.2) is 72.8 Å². The number of carbonyl (C=O) groups is 2. The van der Waals surface area contributed by atoms with Crippen molar-refractivity contribution >= 4 is 34.8 Å². The van der Waals surface area contributed by atoms with Crippen LogP contribution in [0.4, 0.5) is 11.4 Å². The molecule has 0 radical (unpaired) electrons. The summed E-state index contributed by atoms with van der Waals surface area (Å²) in [5.41, 5.74) is 9.41. The van der Waals surface area contributed by atoms with Crippen LogP contribution in [0.2, 0.25) is 0 Å². The molecule has 0 bridgehead atoms. The molecule has 0 spiro atoms. The van der Waals surface area contributed by atoms with Crippen LogP contribution in [-0.4, -0.2) is 23.0 Å². The van der Waals surface area contributed by atoms with Crippen LogP contribution < -0.4 is 16.4 Å². The maximum absolute atomic E-state index is 12.8. The minimum absolute atomic E-state index is 0.139. The Morgan fingerprint density at radius 1 is 0.903 bits per heavy atom. The lowest BCUT2D eigenvalue weighted by Crippen LogP contribution is -2.26. The Bertz CT molecular complexity index is 1130. The van der Waals surface area contributed by atoms with E-state index in [0.717, 1.165) is 18.4 Å². The predicted octanol–water partition coefficient (Wildman–Crippen LogP) is 4.05. The number of para-hydroxylation sites is 2. The van der Waals surface area contributed by atoms with Crippen molar-refractivity contribution in [3.8, 4) is 5.75 Å². The van der Waals surface area contributed by atoms with Crippen LogP contribution in [0.3, 0.4) is 0 Å². The van der Waals surface area contributed by atoms with Crippen molar-refractivity contribution in [3.05, 3.63) is 89.5 Å². The van der Waals surface area contributed by atoms with Crippen molar-refractivity contribution in [1.29, 1.82) is 0 Å². The van der Waals surface area contributed by atoms with E-state index in [4.69, 9.17) is 5.73 Å². The summed E-state index contributed by atoms with van der Waals surface area (Å²) in [5, 5.41) is 15.4. The van der Waals surface area contributed by atoms with Crippen molar-refractivity contribution in [2.24, 2.45) is 0 Å². The lowest BCUT2D eigenvalue weighted by Gasteiger charge is -2.10. The second-order valence-electron chi connectivity index (χ2n) is 7.52. The van der Waals surface area contributed by atoms with Gasteiger partial charge in [-0.05, 0) is 66.4 Å². The maximum Gasteiger partial charge on any atom is 0.255 e. The molecule has 0 aromatic heterocycles. The van der Waals surface area contributed by atoms with E-state index in [-0.39, 0.29) is 23.6 Å². The van der Waals surface area contributed by atoms with E-state index in [1.807, 2.05) is 0 Å². The quantitative estimate of drug-likeness (QED) is 0.278. The molecule has 5 N–H and O–H groups in total. The molecule has 3 aromatic rings. The molecule has 3 aromatic carbocycles. The summed E-state index contributed by atoms with van der Waals surface area (Å²) < 4.78 is 0. The molecule has 4 rings (SSSR count). The van der Waals surface area contributed by atoms with Crippen LogP contribution in [0.1, 0.15) is 34.3 Å². The molecule has 0 heterocycles. The molecule has 1 saturated carbocycles. The average Bonchev–Trinajstić information content (AvgIpc) is 3.59. The first-order valence-corrected chi connectivity index (χ1v) is 10.1. The van der Waals surface area contributed by atoms with Crippen LogP contribution >= 0.6 is 0 Å². The van der Waals surface area contributed by atoms with Crippen LogP contribution in [-0.2, 0) is 4.79 Å². The van der Waals surface area contributed by atoms with Gasteiger partial charge in [0.1, 0.15) is 5.75 Å². The van der Waals surface area contributed by atoms with Crippen molar-refractivity contribution in [3.63, 3.8) is 0 Å². The lowest BCUT2D eigenvalue weighted by atomic mass is 10.0. The number of phenols is 1. The van der Waals surface area contributed by atoms with E-state index >= 15 is 0 Å². The SMILES string of the molecule is Nc1ccccc1NC(=O)c1ccc(/C=C(/C(=O)NC2CC2)c2ccc(O)cc2)cc1. The van der Waals surface area contributed by atoms with Gasteiger partial charge in [-0.15, -0.1) is 0 Å². The van der Waals surface area contributed by atoms with Gasteiger partial charge in [-0.3, -0.25) is 9.59 Å². The highest BCUT2D eigenvalue weighted by molar-refractivity contribution is 6.24. The topological polar surface area (TPSA) is 104 Å². The van der Waals surface area contributed by atoms with Gasteiger partial charge in [-0.1, -0.05) is 36.4 Å². The molecule has 1 fully saturated rings. The summed E-state index contributed by atoms with van der Waals surface area (Å²) in [5.74, 6) is -0.284. The number of carbonyl (C=O) groups excluding carboxylic acids is 2. The van der Waals surface area contributed by atoms with Crippen molar-refractivity contribution in [2.45, 2.75) is 18.9 Å². The van der Waals surface area contributed by atoms with Gasteiger partial charge in [0, 0.05) is 17.2 Å². The molecule has 2 amide bonds. The fourth-order valence-electron chi connectivity index (χ4n) is 3.11. The zero-order chi connectivity index (χ0) is 21.8. The molecular formula is C25H23N3O3. The molecule has 1 aliphatic rings. The van der Waals surface area contributed by atoms with E-state index in [1.54, 1.807) is 78.9 Å². The Morgan fingerprint density at radius 2 is 1.55 bits per heavy atom. The zero-order valence-electron chi connectivity index (χ0n) is 16.8. The van der Waals surface area contributed by atoms with Gasteiger partial charge in [-0.2, -0.15) is 0 Å². The fourth-order valence-corrected chi connectivity index (χ4v) is 3.11. The number of anilines is 2. The van der Waals surface area contributed by atoms with Gasteiger partial charge >= 0.3 is 0 Å². The molecule has 1 aliphatic carbocycles.